The number of fused-ring (bicyclic) bond motifs is 1. The summed E-state index contributed by atoms with van der Waals surface area (Å²) in [5.74, 6) is 0.919. The molecule has 0 radical (unpaired) electrons. The van der Waals surface area contributed by atoms with Gasteiger partial charge in [0.25, 0.3) is 0 Å². The van der Waals surface area contributed by atoms with Gasteiger partial charge in [0.1, 0.15) is 11.5 Å². The maximum atomic E-state index is 5.62. The van der Waals surface area contributed by atoms with E-state index >= 15 is 0 Å². The highest BCUT2D eigenvalue weighted by Gasteiger charge is 2.16. The molecule has 0 aliphatic rings. The molecule has 0 bridgehead atoms. The Morgan fingerprint density at radius 1 is 0.923 bits per heavy atom. The molecule has 0 unspecified atom stereocenters. The summed E-state index contributed by atoms with van der Waals surface area (Å²) in [6.07, 6.45) is 0. The molecule has 126 valence electrons. The molecule has 4 nitrogen and oxygen atoms in total. The van der Waals surface area contributed by atoms with Crippen molar-refractivity contribution in [2.75, 3.05) is 0 Å². The zero-order valence-corrected chi connectivity index (χ0v) is 15.3. The quantitative estimate of drug-likeness (QED) is 0.417. The van der Waals surface area contributed by atoms with Gasteiger partial charge in [-0.05, 0) is 47.9 Å². The average Bonchev–Trinajstić information content (AvgIpc) is 3.39. The van der Waals surface area contributed by atoms with E-state index in [-0.39, 0.29) is 0 Å². The van der Waals surface area contributed by atoms with E-state index in [1.54, 1.807) is 11.3 Å². The Balaban J connectivity index is 1.83. The average molecular weight is 374 g/mol. The first-order valence-corrected chi connectivity index (χ1v) is 9.49. The van der Waals surface area contributed by atoms with Crippen LogP contribution in [-0.2, 0) is 0 Å². The van der Waals surface area contributed by atoms with Gasteiger partial charge in [-0.1, -0.05) is 36.4 Å². The SMILES string of the molecule is S=c1[nH]c2ccccc2n1-c1cc(-c2cccs2)nn1-c1ccccc1. The molecular formula is C20H14N4S2. The minimum atomic E-state index is 0.654. The number of hydrogen-bond donors (Lipinski definition) is 1. The minimum Gasteiger partial charge on any atom is -0.330 e. The number of H-pyrrole nitrogens is 1. The number of benzene rings is 2. The van der Waals surface area contributed by atoms with E-state index in [0.717, 1.165) is 33.1 Å². The molecule has 0 amide bonds. The minimum absolute atomic E-state index is 0.654. The van der Waals surface area contributed by atoms with Gasteiger partial charge in [0.15, 0.2) is 4.77 Å². The summed E-state index contributed by atoms with van der Waals surface area (Å²) in [6.45, 7) is 0. The van der Waals surface area contributed by atoms with E-state index in [9.17, 15) is 0 Å². The Kier molecular flexibility index (Phi) is 3.58. The molecule has 0 aliphatic heterocycles. The van der Waals surface area contributed by atoms with Crippen molar-refractivity contribution in [1.29, 1.82) is 0 Å². The van der Waals surface area contributed by atoms with Crippen LogP contribution >= 0.6 is 23.6 Å². The maximum absolute atomic E-state index is 5.62. The molecule has 1 N–H and O–H groups in total. The van der Waals surface area contributed by atoms with Gasteiger partial charge in [-0.3, -0.25) is 4.57 Å². The molecule has 5 rings (SSSR count). The highest BCUT2D eigenvalue weighted by atomic mass is 32.1. The van der Waals surface area contributed by atoms with Gasteiger partial charge < -0.3 is 4.98 Å². The highest BCUT2D eigenvalue weighted by molar-refractivity contribution is 7.71. The molecule has 5 aromatic rings. The summed E-state index contributed by atoms with van der Waals surface area (Å²) >= 11 is 7.30. The lowest BCUT2D eigenvalue weighted by molar-refractivity contribution is 0.828. The molecule has 2 aromatic carbocycles. The summed E-state index contributed by atoms with van der Waals surface area (Å²) < 4.78 is 4.65. The molecule has 0 saturated carbocycles. The number of imidazole rings is 1. The third-order valence-corrected chi connectivity index (χ3v) is 5.46. The fourth-order valence-electron chi connectivity index (χ4n) is 3.12. The first-order chi connectivity index (χ1) is 12.8. The molecular weight excluding hydrogens is 360 g/mol. The van der Waals surface area contributed by atoms with Gasteiger partial charge in [0, 0.05) is 6.07 Å². The number of para-hydroxylation sites is 3. The molecule has 26 heavy (non-hydrogen) atoms. The second-order valence-electron chi connectivity index (χ2n) is 5.90. The van der Waals surface area contributed by atoms with Crippen molar-refractivity contribution in [2.24, 2.45) is 0 Å². The van der Waals surface area contributed by atoms with Crippen molar-refractivity contribution in [1.82, 2.24) is 19.3 Å². The number of thiophene rings is 1. The summed E-state index contributed by atoms with van der Waals surface area (Å²) in [4.78, 5) is 4.42. The fraction of sp³-hybridized carbons (Fsp3) is 0. The second-order valence-corrected chi connectivity index (χ2v) is 7.23. The molecule has 0 aliphatic carbocycles. The normalized spacial score (nSPS) is 11.2. The second kappa shape index (κ2) is 6.09. The van der Waals surface area contributed by atoms with Crippen molar-refractivity contribution in [3.63, 3.8) is 0 Å². The Morgan fingerprint density at radius 2 is 1.73 bits per heavy atom. The fourth-order valence-corrected chi connectivity index (χ4v) is 4.10. The number of aromatic amines is 1. The van der Waals surface area contributed by atoms with Crippen molar-refractivity contribution < 1.29 is 0 Å². The molecule has 3 aromatic heterocycles. The van der Waals surface area contributed by atoms with Crippen LogP contribution in [0.5, 0.6) is 0 Å². The van der Waals surface area contributed by atoms with Crippen molar-refractivity contribution >= 4 is 34.6 Å². The van der Waals surface area contributed by atoms with E-state index in [1.807, 2.05) is 63.8 Å². The van der Waals surface area contributed by atoms with E-state index in [0.29, 0.717) is 4.77 Å². The summed E-state index contributed by atoms with van der Waals surface area (Å²) in [7, 11) is 0. The standard InChI is InChI=1S/C20H14N4S2/c25-20-21-15-9-4-5-10-17(15)23(20)19-13-16(18-11-6-12-26-18)22-24(19)14-7-2-1-3-8-14/h1-13H,(H,21,25). The lowest BCUT2D eigenvalue weighted by Crippen LogP contribution is -2.05. The molecule has 3 heterocycles. The molecule has 6 heteroatoms. The molecule has 0 fully saturated rings. The van der Waals surface area contributed by atoms with E-state index in [1.165, 1.54) is 0 Å². The Morgan fingerprint density at radius 3 is 2.54 bits per heavy atom. The maximum Gasteiger partial charge on any atom is 0.183 e. The van der Waals surface area contributed by atoms with Crippen molar-refractivity contribution in [2.45, 2.75) is 0 Å². The lowest BCUT2D eigenvalue weighted by Gasteiger charge is -2.08. The summed E-state index contributed by atoms with van der Waals surface area (Å²) in [5.41, 5.74) is 3.98. The van der Waals surface area contributed by atoms with E-state index in [4.69, 9.17) is 17.3 Å². The van der Waals surface area contributed by atoms with Crippen LogP contribution in [0.4, 0.5) is 0 Å². The van der Waals surface area contributed by atoms with Crippen LogP contribution in [0.1, 0.15) is 0 Å². The number of hydrogen-bond acceptors (Lipinski definition) is 3. The van der Waals surface area contributed by atoms with Gasteiger partial charge in [0.05, 0.1) is 21.6 Å². The van der Waals surface area contributed by atoms with Gasteiger partial charge in [-0.15, -0.1) is 11.3 Å². The van der Waals surface area contributed by atoms with E-state index in [2.05, 4.69) is 28.6 Å². The highest BCUT2D eigenvalue weighted by Crippen LogP contribution is 2.29. The van der Waals surface area contributed by atoms with Crippen LogP contribution in [-0.4, -0.2) is 19.3 Å². The number of rotatable bonds is 3. The monoisotopic (exact) mass is 374 g/mol. The number of nitrogens with one attached hydrogen (secondary N) is 1. The molecule has 0 spiro atoms. The topological polar surface area (TPSA) is 38.5 Å². The van der Waals surface area contributed by atoms with Crippen molar-refractivity contribution in [3.8, 4) is 22.1 Å². The van der Waals surface area contributed by atoms with Crippen molar-refractivity contribution in [3.05, 3.63) is 82.9 Å². The Labute approximate surface area is 159 Å². The van der Waals surface area contributed by atoms with E-state index < -0.39 is 0 Å². The van der Waals surface area contributed by atoms with Gasteiger partial charge in [0.2, 0.25) is 0 Å². The Hall–Kier alpha value is -2.96. The lowest BCUT2D eigenvalue weighted by atomic mass is 10.3. The number of aromatic nitrogens is 4. The molecule has 0 saturated heterocycles. The van der Waals surface area contributed by atoms with Gasteiger partial charge in [-0.25, -0.2) is 4.68 Å². The zero-order chi connectivity index (χ0) is 17.5. The van der Waals surface area contributed by atoms with Crippen LogP contribution in [0, 0.1) is 4.77 Å². The summed E-state index contributed by atoms with van der Waals surface area (Å²) in [5, 5.41) is 6.94. The Bertz CT molecular complexity index is 1240. The third-order valence-electron chi connectivity index (χ3n) is 4.28. The molecule has 0 atom stereocenters. The van der Waals surface area contributed by atoms with Crippen LogP contribution < -0.4 is 0 Å². The van der Waals surface area contributed by atoms with Gasteiger partial charge in [-0.2, -0.15) is 5.10 Å². The van der Waals surface area contributed by atoms with Crippen LogP contribution in [0.3, 0.4) is 0 Å². The number of nitrogens with zero attached hydrogens (tertiary/aromatic N) is 3. The zero-order valence-electron chi connectivity index (χ0n) is 13.7. The van der Waals surface area contributed by atoms with Crippen LogP contribution in [0.2, 0.25) is 0 Å². The smallest absolute Gasteiger partial charge is 0.183 e. The largest absolute Gasteiger partial charge is 0.330 e. The third kappa shape index (κ3) is 2.42. The predicted octanol–water partition coefficient (Wildman–Crippen LogP) is 5.60. The van der Waals surface area contributed by atoms with Gasteiger partial charge >= 0.3 is 0 Å². The van der Waals surface area contributed by atoms with Crippen LogP contribution in [0.25, 0.3) is 33.1 Å². The van der Waals surface area contributed by atoms with Crippen LogP contribution in [0.15, 0.2) is 78.2 Å². The first-order valence-electron chi connectivity index (χ1n) is 8.21. The predicted molar refractivity (Wildman–Crippen MR) is 109 cm³/mol. The summed E-state index contributed by atoms with van der Waals surface area (Å²) in [6, 6.07) is 24.5. The first kappa shape index (κ1) is 15.3.